The minimum absolute atomic E-state index is 0.163. The highest BCUT2D eigenvalue weighted by molar-refractivity contribution is 6.30. The number of carbonyl (C=O) groups excluding carboxylic acids is 1. The van der Waals surface area contributed by atoms with Crippen LogP contribution in [0.2, 0.25) is 5.02 Å². The molecule has 9 heteroatoms. The highest BCUT2D eigenvalue weighted by Gasteiger charge is 2.30. The van der Waals surface area contributed by atoms with E-state index in [1.54, 1.807) is 4.90 Å². The molecular weight excluding hydrogens is 356 g/mol. The second-order valence-electron chi connectivity index (χ2n) is 5.82. The Labute approximate surface area is 154 Å². The van der Waals surface area contributed by atoms with Crippen LogP contribution in [-0.2, 0) is 0 Å². The van der Waals surface area contributed by atoms with Gasteiger partial charge in [0.15, 0.2) is 5.69 Å². The fraction of sp³-hybridized carbons (Fsp3) is 0.235. The molecule has 1 aliphatic heterocycles. The zero-order valence-corrected chi connectivity index (χ0v) is 14.5. The number of halogens is 1. The van der Waals surface area contributed by atoms with E-state index in [1.165, 1.54) is 23.4 Å². The van der Waals surface area contributed by atoms with Crippen molar-refractivity contribution >= 4 is 17.5 Å². The van der Waals surface area contributed by atoms with Crippen LogP contribution in [0.5, 0.6) is 6.01 Å². The van der Waals surface area contributed by atoms with Gasteiger partial charge in [-0.05, 0) is 12.1 Å². The van der Waals surface area contributed by atoms with Crippen LogP contribution in [0, 0.1) is 0 Å². The Morgan fingerprint density at radius 2 is 1.92 bits per heavy atom. The van der Waals surface area contributed by atoms with Gasteiger partial charge in [0.05, 0.1) is 35.8 Å². The molecule has 0 N–H and O–H groups in total. The van der Waals surface area contributed by atoms with Gasteiger partial charge in [-0.15, -0.1) is 5.10 Å². The Bertz CT molecular complexity index is 899. The number of nitrogens with zero attached hydrogens (tertiary/aromatic N) is 6. The van der Waals surface area contributed by atoms with Gasteiger partial charge in [-0.25, -0.2) is 9.97 Å². The van der Waals surface area contributed by atoms with Crippen molar-refractivity contribution in [2.75, 3.05) is 13.1 Å². The minimum atomic E-state index is -0.171. The van der Waals surface area contributed by atoms with Crippen molar-refractivity contribution in [3.05, 3.63) is 59.6 Å². The summed E-state index contributed by atoms with van der Waals surface area (Å²) in [6, 6.07) is 9.69. The summed E-state index contributed by atoms with van der Waals surface area (Å²) in [5.41, 5.74) is 1.10. The van der Waals surface area contributed by atoms with E-state index in [-0.39, 0.29) is 18.0 Å². The van der Waals surface area contributed by atoms with Crippen molar-refractivity contribution in [3.8, 4) is 11.7 Å². The number of hydrogen-bond acceptors (Lipinski definition) is 6. The normalized spacial score (nSPS) is 16.7. The molecule has 0 saturated carbocycles. The van der Waals surface area contributed by atoms with Crippen molar-refractivity contribution in [2.45, 2.75) is 12.5 Å². The van der Waals surface area contributed by atoms with E-state index in [4.69, 9.17) is 16.3 Å². The minimum Gasteiger partial charge on any atom is -0.458 e. The van der Waals surface area contributed by atoms with Crippen LogP contribution in [0.25, 0.3) is 5.69 Å². The molecule has 26 heavy (non-hydrogen) atoms. The first-order chi connectivity index (χ1) is 12.7. The third-order valence-electron chi connectivity index (χ3n) is 4.00. The zero-order chi connectivity index (χ0) is 17.9. The Morgan fingerprint density at radius 3 is 2.69 bits per heavy atom. The Balaban J connectivity index is 1.40. The van der Waals surface area contributed by atoms with E-state index in [0.717, 1.165) is 5.69 Å². The molecule has 0 bridgehead atoms. The van der Waals surface area contributed by atoms with Gasteiger partial charge in [0, 0.05) is 13.0 Å². The number of ether oxygens (including phenoxy) is 1. The second kappa shape index (κ2) is 7.09. The molecule has 0 spiro atoms. The van der Waals surface area contributed by atoms with Gasteiger partial charge in [0.1, 0.15) is 6.10 Å². The molecule has 0 radical (unpaired) electrons. The molecule has 4 rings (SSSR count). The number of rotatable bonds is 4. The van der Waals surface area contributed by atoms with Gasteiger partial charge < -0.3 is 9.64 Å². The standard InChI is InChI=1S/C17H15ClN6O2/c18-12-8-19-17(20-9-12)26-14-6-7-23(11-14)16(25)15-10-21-24(22-15)13-4-2-1-3-5-13/h1-5,8-10,14H,6-7,11H2. The lowest BCUT2D eigenvalue weighted by atomic mass is 10.3. The number of likely N-dealkylation sites (tertiary alicyclic amines) is 1. The van der Waals surface area contributed by atoms with Crippen LogP contribution >= 0.6 is 11.6 Å². The first kappa shape index (κ1) is 16.5. The molecule has 2 aromatic heterocycles. The third kappa shape index (κ3) is 3.50. The van der Waals surface area contributed by atoms with Crippen LogP contribution in [-0.4, -0.2) is 55.0 Å². The van der Waals surface area contributed by atoms with Crippen molar-refractivity contribution in [3.63, 3.8) is 0 Å². The summed E-state index contributed by atoms with van der Waals surface area (Å²) in [5.74, 6) is -0.171. The fourth-order valence-electron chi connectivity index (χ4n) is 2.73. The predicted molar refractivity (Wildman–Crippen MR) is 93.3 cm³/mol. The molecule has 1 amide bonds. The van der Waals surface area contributed by atoms with Crippen LogP contribution in [0.15, 0.2) is 48.9 Å². The first-order valence-electron chi connectivity index (χ1n) is 8.10. The summed E-state index contributed by atoms with van der Waals surface area (Å²) in [6.45, 7) is 1.03. The molecule has 3 aromatic rings. The van der Waals surface area contributed by atoms with Gasteiger partial charge in [-0.1, -0.05) is 29.8 Å². The average molecular weight is 371 g/mol. The lowest BCUT2D eigenvalue weighted by Gasteiger charge is -2.15. The first-order valence-corrected chi connectivity index (χ1v) is 8.48. The maximum Gasteiger partial charge on any atom is 0.316 e. The summed E-state index contributed by atoms with van der Waals surface area (Å²) in [5, 5.41) is 8.89. The van der Waals surface area contributed by atoms with E-state index < -0.39 is 0 Å². The van der Waals surface area contributed by atoms with Crippen LogP contribution in [0.1, 0.15) is 16.9 Å². The molecule has 1 aromatic carbocycles. The van der Waals surface area contributed by atoms with Crippen LogP contribution < -0.4 is 4.74 Å². The molecule has 0 aliphatic carbocycles. The molecule has 132 valence electrons. The Hall–Kier alpha value is -3.00. The van der Waals surface area contributed by atoms with Crippen molar-refractivity contribution in [1.29, 1.82) is 0 Å². The monoisotopic (exact) mass is 370 g/mol. The maximum absolute atomic E-state index is 12.6. The second-order valence-corrected chi connectivity index (χ2v) is 6.25. The molecule has 1 atom stereocenters. The van der Waals surface area contributed by atoms with Gasteiger partial charge in [-0.3, -0.25) is 4.79 Å². The third-order valence-corrected chi connectivity index (χ3v) is 4.19. The molecule has 1 saturated heterocycles. The number of carbonyl (C=O) groups is 1. The molecule has 3 heterocycles. The van der Waals surface area contributed by atoms with Gasteiger partial charge >= 0.3 is 6.01 Å². The van der Waals surface area contributed by atoms with E-state index in [2.05, 4.69) is 20.2 Å². The lowest BCUT2D eigenvalue weighted by molar-refractivity contribution is 0.0763. The summed E-state index contributed by atoms with van der Waals surface area (Å²) in [7, 11) is 0. The average Bonchev–Trinajstić information content (AvgIpc) is 3.34. The SMILES string of the molecule is O=C(c1cnn(-c2ccccc2)n1)N1CCC(Oc2ncc(Cl)cn2)C1. The number of para-hydroxylation sites is 1. The molecule has 1 fully saturated rings. The van der Waals surface area contributed by atoms with E-state index in [9.17, 15) is 4.79 Å². The highest BCUT2D eigenvalue weighted by atomic mass is 35.5. The van der Waals surface area contributed by atoms with Crippen LogP contribution in [0.3, 0.4) is 0 Å². The smallest absolute Gasteiger partial charge is 0.316 e. The fourth-order valence-corrected chi connectivity index (χ4v) is 2.83. The zero-order valence-electron chi connectivity index (χ0n) is 13.7. The number of benzene rings is 1. The number of aromatic nitrogens is 5. The van der Waals surface area contributed by atoms with E-state index >= 15 is 0 Å². The van der Waals surface area contributed by atoms with Crippen molar-refractivity contribution in [1.82, 2.24) is 29.9 Å². The topological polar surface area (TPSA) is 86.0 Å². The summed E-state index contributed by atoms with van der Waals surface area (Å²) in [4.78, 5) is 23.8. The largest absolute Gasteiger partial charge is 0.458 e. The molecule has 8 nitrogen and oxygen atoms in total. The molecule has 1 aliphatic rings. The van der Waals surface area contributed by atoms with Gasteiger partial charge in [0.25, 0.3) is 5.91 Å². The van der Waals surface area contributed by atoms with Crippen molar-refractivity contribution in [2.24, 2.45) is 0 Å². The van der Waals surface area contributed by atoms with Gasteiger partial charge in [-0.2, -0.15) is 9.90 Å². The predicted octanol–water partition coefficient (Wildman–Crippen LogP) is 2.00. The maximum atomic E-state index is 12.6. The van der Waals surface area contributed by atoms with Gasteiger partial charge in [0.2, 0.25) is 0 Å². The lowest BCUT2D eigenvalue weighted by Crippen LogP contribution is -2.31. The summed E-state index contributed by atoms with van der Waals surface area (Å²) >= 11 is 5.76. The summed E-state index contributed by atoms with van der Waals surface area (Å²) in [6.07, 6.45) is 4.97. The number of hydrogen-bond donors (Lipinski definition) is 0. The summed E-state index contributed by atoms with van der Waals surface area (Å²) < 4.78 is 5.71. The molecule has 1 unspecified atom stereocenters. The number of amides is 1. The molecular formula is C17H15ClN6O2. The quantitative estimate of drug-likeness (QED) is 0.698. The van der Waals surface area contributed by atoms with E-state index in [1.807, 2.05) is 30.3 Å². The Morgan fingerprint density at radius 1 is 1.15 bits per heavy atom. The van der Waals surface area contributed by atoms with Crippen molar-refractivity contribution < 1.29 is 9.53 Å². The van der Waals surface area contributed by atoms with Crippen LogP contribution in [0.4, 0.5) is 0 Å². The van der Waals surface area contributed by atoms with E-state index in [0.29, 0.717) is 30.2 Å². The Kier molecular flexibility index (Phi) is 4.49. The highest BCUT2D eigenvalue weighted by Crippen LogP contribution is 2.17.